The fraction of sp³-hybridized carbons (Fsp3) is 0.429. The molecule has 1 atom stereocenters. The molecular weight excluding hydrogens is 244 g/mol. The highest BCUT2D eigenvalue weighted by atomic mass is 16.4. The van der Waals surface area contributed by atoms with Gasteiger partial charge in [0.15, 0.2) is 0 Å². The Morgan fingerprint density at radius 2 is 1.95 bits per heavy atom. The molecular formula is C14H20N2O3. The second-order valence-corrected chi connectivity index (χ2v) is 4.42. The van der Waals surface area contributed by atoms with Crippen LogP contribution in [-0.4, -0.2) is 29.6 Å². The van der Waals surface area contributed by atoms with Gasteiger partial charge in [-0.15, -0.1) is 0 Å². The van der Waals surface area contributed by atoms with E-state index in [1.807, 2.05) is 30.3 Å². The number of nitrogens with one attached hydrogen (secondary N) is 1. The number of rotatable bonds is 8. The summed E-state index contributed by atoms with van der Waals surface area (Å²) in [5.41, 5.74) is 6.81. The van der Waals surface area contributed by atoms with Crippen LogP contribution in [0.3, 0.4) is 0 Å². The van der Waals surface area contributed by atoms with Gasteiger partial charge in [0.1, 0.15) is 0 Å². The first-order valence-corrected chi connectivity index (χ1v) is 6.38. The van der Waals surface area contributed by atoms with E-state index in [0.717, 1.165) is 12.8 Å². The minimum Gasteiger partial charge on any atom is -0.481 e. The average Bonchev–Trinajstić information content (AvgIpc) is 2.41. The van der Waals surface area contributed by atoms with Gasteiger partial charge < -0.3 is 16.2 Å². The summed E-state index contributed by atoms with van der Waals surface area (Å²) >= 11 is 0. The molecule has 0 bridgehead atoms. The molecule has 0 aliphatic rings. The van der Waals surface area contributed by atoms with E-state index in [0.29, 0.717) is 6.54 Å². The lowest BCUT2D eigenvalue weighted by atomic mass is 10.1. The Morgan fingerprint density at radius 3 is 2.58 bits per heavy atom. The van der Waals surface area contributed by atoms with E-state index in [-0.39, 0.29) is 18.7 Å². The smallest absolute Gasteiger partial charge is 0.303 e. The van der Waals surface area contributed by atoms with Crippen molar-refractivity contribution in [1.82, 2.24) is 5.32 Å². The van der Waals surface area contributed by atoms with E-state index in [9.17, 15) is 9.59 Å². The van der Waals surface area contributed by atoms with Crippen LogP contribution < -0.4 is 11.1 Å². The third-order valence-corrected chi connectivity index (χ3v) is 2.79. The van der Waals surface area contributed by atoms with Crippen molar-refractivity contribution >= 4 is 11.9 Å². The summed E-state index contributed by atoms with van der Waals surface area (Å²) in [4.78, 5) is 21.9. The highest BCUT2D eigenvalue weighted by Crippen LogP contribution is 2.01. The molecule has 1 aromatic rings. The van der Waals surface area contributed by atoms with Crippen molar-refractivity contribution in [3.63, 3.8) is 0 Å². The maximum atomic E-state index is 11.5. The highest BCUT2D eigenvalue weighted by molar-refractivity contribution is 5.82. The molecule has 0 aliphatic heterocycles. The van der Waals surface area contributed by atoms with Gasteiger partial charge in [-0.2, -0.15) is 0 Å². The molecule has 0 aromatic heterocycles. The lowest BCUT2D eigenvalue weighted by molar-refractivity contribution is -0.137. The van der Waals surface area contributed by atoms with E-state index in [1.165, 1.54) is 5.56 Å². The van der Waals surface area contributed by atoms with Gasteiger partial charge in [0.2, 0.25) is 5.91 Å². The number of aryl methyl sites for hydroxylation is 1. The summed E-state index contributed by atoms with van der Waals surface area (Å²) < 4.78 is 0. The Bertz CT molecular complexity index is 406. The molecule has 19 heavy (non-hydrogen) atoms. The van der Waals surface area contributed by atoms with Crippen LogP contribution in [0.25, 0.3) is 0 Å². The van der Waals surface area contributed by atoms with Crippen LogP contribution in [0.15, 0.2) is 30.3 Å². The molecule has 0 radical (unpaired) electrons. The Kier molecular flexibility index (Phi) is 6.60. The molecule has 0 fully saturated rings. The van der Waals surface area contributed by atoms with E-state index in [1.54, 1.807) is 0 Å². The van der Waals surface area contributed by atoms with Crippen LogP contribution in [0, 0.1) is 0 Å². The molecule has 0 aliphatic carbocycles. The second-order valence-electron chi connectivity index (χ2n) is 4.42. The molecule has 1 aromatic carbocycles. The summed E-state index contributed by atoms with van der Waals surface area (Å²) in [6, 6.07) is 9.27. The van der Waals surface area contributed by atoms with Crippen molar-refractivity contribution in [3.8, 4) is 0 Å². The number of hydrogen-bond acceptors (Lipinski definition) is 3. The molecule has 1 amide bonds. The quantitative estimate of drug-likeness (QED) is 0.609. The fourth-order valence-electron chi connectivity index (χ4n) is 1.69. The maximum absolute atomic E-state index is 11.5. The molecule has 104 valence electrons. The topological polar surface area (TPSA) is 92.4 Å². The van der Waals surface area contributed by atoms with Crippen LogP contribution in [0.2, 0.25) is 0 Å². The normalized spacial score (nSPS) is 11.8. The summed E-state index contributed by atoms with van der Waals surface area (Å²) in [7, 11) is 0. The molecule has 1 rings (SSSR count). The Labute approximate surface area is 112 Å². The van der Waals surface area contributed by atoms with Gasteiger partial charge in [0, 0.05) is 13.0 Å². The van der Waals surface area contributed by atoms with Gasteiger partial charge in [0.25, 0.3) is 0 Å². The van der Waals surface area contributed by atoms with Crippen molar-refractivity contribution in [2.24, 2.45) is 5.73 Å². The standard InChI is InChI=1S/C14H20N2O3/c15-12(8-9-13(17)18)14(19)16-10-4-7-11-5-2-1-3-6-11/h1-3,5-6,12H,4,7-10,15H2,(H,16,19)(H,17,18)/t12-/m1/s1. The average molecular weight is 264 g/mol. The van der Waals surface area contributed by atoms with Crippen LogP contribution in [0.4, 0.5) is 0 Å². The number of carboxylic acid groups (broad SMARTS) is 1. The molecule has 0 saturated carbocycles. The summed E-state index contributed by atoms with van der Waals surface area (Å²) in [6.07, 6.45) is 1.81. The number of hydrogen-bond donors (Lipinski definition) is 3. The second kappa shape index (κ2) is 8.26. The molecule has 5 nitrogen and oxygen atoms in total. The Morgan fingerprint density at radius 1 is 1.26 bits per heavy atom. The monoisotopic (exact) mass is 264 g/mol. The molecule has 0 saturated heterocycles. The number of benzene rings is 1. The number of carbonyl (C=O) groups excluding carboxylic acids is 1. The van der Waals surface area contributed by atoms with Crippen molar-refractivity contribution in [1.29, 1.82) is 0 Å². The van der Waals surface area contributed by atoms with Gasteiger partial charge in [0.05, 0.1) is 6.04 Å². The molecule has 4 N–H and O–H groups in total. The van der Waals surface area contributed by atoms with E-state index in [2.05, 4.69) is 5.32 Å². The van der Waals surface area contributed by atoms with Crippen LogP contribution >= 0.6 is 0 Å². The predicted molar refractivity (Wildman–Crippen MR) is 72.6 cm³/mol. The molecule has 0 unspecified atom stereocenters. The van der Waals surface area contributed by atoms with Gasteiger partial charge in [-0.1, -0.05) is 30.3 Å². The number of nitrogens with two attached hydrogens (primary N) is 1. The largest absolute Gasteiger partial charge is 0.481 e. The number of aliphatic carboxylic acids is 1. The number of carbonyl (C=O) groups is 2. The van der Waals surface area contributed by atoms with Gasteiger partial charge in [-0.05, 0) is 24.8 Å². The van der Waals surface area contributed by atoms with E-state index in [4.69, 9.17) is 10.8 Å². The zero-order valence-electron chi connectivity index (χ0n) is 10.8. The van der Waals surface area contributed by atoms with Gasteiger partial charge in [-0.3, -0.25) is 9.59 Å². The minimum atomic E-state index is -0.938. The summed E-state index contributed by atoms with van der Waals surface area (Å²) in [5, 5.41) is 11.2. The molecule has 0 heterocycles. The SMILES string of the molecule is N[C@H](CCC(=O)O)C(=O)NCCCc1ccccc1. The lowest BCUT2D eigenvalue weighted by Gasteiger charge is -2.11. The first-order valence-electron chi connectivity index (χ1n) is 6.38. The van der Waals surface area contributed by atoms with E-state index >= 15 is 0 Å². The Hall–Kier alpha value is -1.88. The van der Waals surface area contributed by atoms with Gasteiger partial charge in [-0.25, -0.2) is 0 Å². The minimum absolute atomic E-state index is 0.0847. The Balaban J connectivity index is 2.15. The van der Waals surface area contributed by atoms with Crippen molar-refractivity contribution in [3.05, 3.63) is 35.9 Å². The maximum Gasteiger partial charge on any atom is 0.303 e. The van der Waals surface area contributed by atoms with Crippen LogP contribution in [0.5, 0.6) is 0 Å². The zero-order chi connectivity index (χ0) is 14.1. The first kappa shape index (κ1) is 15.2. The third-order valence-electron chi connectivity index (χ3n) is 2.79. The highest BCUT2D eigenvalue weighted by Gasteiger charge is 2.13. The van der Waals surface area contributed by atoms with Crippen molar-refractivity contribution < 1.29 is 14.7 Å². The molecule has 5 heteroatoms. The van der Waals surface area contributed by atoms with Crippen LogP contribution in [0.1, 0.15) is 24.8 Å². The van der Waals surface area contributed by atoms with E-state index < -0.39 is 12.0 Å². The van der Waals surface area contributed by atoms with Crippen molar-refractivity contribution in [2.75, 3.05) is 6.54 Å². The first-order chi connectivity index (χ1) is 9.09. The van der Waals surface area contributed by atoms with Crippen LogP contribution in [-0.2, 0) is 16.0 Å². The predicted octanol–water partition coefficient (Wildman–Crippen LogP) is 0.928. The number of amides is 1. The summed E-state index contributed by atoms with van der Waals surface area (Å²) in [6.45, 7) is 0.550. The zero-order valence-corrected chi connectivity index (χ0v) is 10.8. The number of carboxylic acids is 1. The fourth-order valence-corrected chi connectivity index (χ4v) is 1.69. The third kappa shape index (κ3) is 6.57. The molecule has 0 spiro atoms. The lowest BCUT2D eigenvalue weighted by Crippen LogP contribution is -2.41. The van der Waals surface area contributed by atoms with Gasteiger partial charge >= 0.3 is 5.97 Å². The van der Waals surface area contributed by atoms with Crippen molar-refractivity contribution in [2.45, 2.75) is 31.7 Å². The summed E-state index contributed by atoms with van der Waals surface area (Å²) in [5.74, 6) is -1.22.